The number of hydrogen-bond acceptors (Lipinski definition) is 7. The van der Waals surface area contributed by atoms with Crippen LogP contribution in [-0.2, 0) is 17.8 Å². The lowest BCUT2D eigenvalue weighted by Crippen LogP contribution is -2.17. The van der Waals surface area contributed by atoms with Crippen LogP contribution in [0.1, 0.15) is 27.3 Å². The summed E-state index contributed by atoms with van der Waals surface area (Å²) in [5.41, 5.74) is 2.27. The Morgan fingerprint density at radius 3 is 2.24 bits per heavy atom. The Kier molecular flexibility index (Phi) is 9.08. The van der Waals surface area contributed by atoms with E-state index < -0.39 is 18.0 Å². The second kappa shape index (κ2) is 11.8. The van der Waals surface area contributed by atoms with Crippen molar-refractivity contribution in [3.8, 4) is 5.75 Å². The van der Waals surface area contributed by atoms with Gasteiger partial charge in [-0.3, -0.25) is 4.79 Å². The number of ether oxygens (including phenoxy) is 1. The highest BCUT2D eigenvalue weighted by molar-refractivity contribution is 6.04. The van der Waals surface area contributed by atoms with E-state index in [0.29, 0.717) is 29.3 Å². The van der Waals surface area contributed by atoms with Crippen LogP contribution in [0.25, 0.3) is 0 Å². The first kappa shape index (κ1) is 26.3. The molecular formula is C23H23F3N4O4. The second-order valence-corrected chi connectivity index (χ2v) is 7.09. The fourth-order valence-corrected chi connectivity index (χ4v) is 2.92. The summed E-state index contributed by atoms with van der Waals surface area (Å²) in [6.45, 7) is 1.85. The van der Waals surface area contributed by atoms with Crippen molar-refractivity contribution in [2.45, 2.75) is 19.4 Å². The van der Waals surface area contributed by atoms with Crippen LogP contribution in [0.3, 0.4) is 0 Å². The third-order valence-electron chi connectivity index (χ3n) is 4.41. The quantitative estimate of drug-likeness (QED) is 0.537. The number of halogens is 3. The van der Waals surface area contributed by atoms with E-state index in [1.165, 1.54) is 12.1 Å². The van der Waals surface area contributed by atoms with Gasteiger partial charge in [0.1, 0.15) is 24.2 Å². The lowest BCUT2D eigenvalue weighted by Gasteiger charge is -2.15. The first-order valence-corrected chi connectivity index (χ1v) is 9.82. The molecule has 180 valence electrons. The molecule has 3 rings (SSSR count). The minimum Gasteiger partial charge on any atom is -0.406 e. The molecule has 0 bridgehead atoms. The Bertz CT molecular complexity index is 1090. The molecule has 0 saturated heterocycles. The highest BCUT2D eigenvalue weighted by atomic mass is 19.4. The van der Waals surface area contributed by atoms with Gasteiger partial charge >= 0.3 is 6.36 Å². The molecule has 1 heterocycles. The zero-order chi connectivity index (χ0) is 25.3. The molecule has 1 aromatic heterocycles. The van der Waals surface area contributed by atoms with Crippen molar-refractivity contribution in [1.29, 1.82) is 0 Å². The van der Waals surface area contributed by atoms with Gasteiger partial charge in [0.05, 0.1) is 6.61 Å². The fourth-order valence-electron chi connectivity index (χ4n) is 2.92. The maximum absolute atomic E-state index is 12.3. The number of anilines is 2. The lowest BCUT2D eigenvalue weighted by molar-refractivity contribution is -0.274. The Morgan fingerprint density at radius 1 is 1.09 bits per heavy atom. The normalized spacial score (nSPS) is 10.6. The maximum Gasteiger partial charge on any atom is 0.573 e. The zero-order valence-electron chi connectivity index (χ0n) is 18.5. The molecule has 0 unspecified atom stereocenters. The summed E-state index contributed by atoms with van der Waals surface area (Å²) in [5.74, 6) is 0.372. The topological polar surface area (TPSA) is 105 Å². The number of benzene rings is 2. The van der Waals surface area contributed by atoms with Crippen LogP contribution in [0.2, 0.25) is 0 Å². The highest BCUT2D eigenvalue weighted by Crippen LogP contribution is 2.23. The van der Waals surface area contributed by atoms with E-state index >= 15 is 0 Å². The van der Waals surface area contributed by atoms with Crippen molar-refractivity contribution in [3.63, 3.8) is 0 Å². The maximum atomic E-state index is 12.3. The summed E-state index contributed by atoms with van der Waals surface area (Å²) in [6, 6.07) is 11.7. The molecule has 11 heteroatoms. The van der Waals surface area contributed by atoms with Crippen LogP contribution in [0, 0.1) is 0 Å². The Morgan fingerprint density at radius 2 is 1.71 bits per heavy atom. The van der Waals surface area contributed by atoms with E-state index in [-0.39, 0.29) is 12.2 Å². The van der Waals surface area contributed by atoms with Gasteiger partial charge in [0.25, 0.3) is 5.91 Å². The predicted molar refractivity (Wildman–Crippen MR) is 120 cm³/mol. The van der Waals surface area contributed by atoms with Crippen molar-refractivity contribution in [2.75, 3.05) is 24.3 Å². The first-order chi connectivity index (χ1) is 16.1. The van der Waals surface area contributed by atoms with Crippen molar-refractivity contribution in [2.24, 2.45) is 0 Å². The molecule has 0 saturated carbocycles. The van der Waals surface area contributed by atoms with Crippen LogP contribution in [-0.4, -0.2) is 48.2 Å². The number of carbonyl (C=O) groups excluding carboxylic acids is 2. The number of hydrogen-bond donors (Lipinski definition) is 2. The van der Waals surface area contributed by atoms with Gasteiger partial charge < -0.3 is 24.9 Å². The molecule has 3 aromatic rings. The Balaban J connectivity index is 0.00000199. The number of nitrogens with zero attached hydrogens (tertiary/aromatic N) is 3. The predicted octanol–water partition coefficient (Wildman–Crippen LogP) is 3.59. The van der Waals surface area contributed by atoms with E-state index in [1.807, 2.05) is 33.0 Å². The molecule has 0 aliphatic rings. The molecule has 8 nitrogen and oxygen atoms in total. The molecule has 2 aromatic carbocycles. The van der Waals surface area contributed by atoms with Gasteiger partial charge in [-0.2, -0.15) is 0 Å². The van der Waals surface area contributed by atoms with E-state index in [4.69, 9.17) is 4.79 Å². The lowest BCUT2D eigenvalue weighted by atomic mass is 10.1. The van der Waals surface area contributed by atoms with Crippen LogP contribution >= 0.6 is 0 Å². The van der Waals surface area contributed by atoms with Gasteiger partial charge in [-0.15, -0.1) is 13.2 Å². The van der Waals surface area contributed by atoms with Gasteiger partial charge in [-0.25, -0.2) is 9.97 Å². The number of amides is 1. The van der Waals surface area contributed by atoms with Gasteiger partial charge in [-0.05, 0) is 42.0 Å². The van der Waals surface area contributed by atoms with E-state index in [0.717, 1.165) is 17.7 Å². The minimum atomic E-state index is -4.79. The summed E-state index contributed by atoms with van der Waals surface area (Å²) >= 11 is 0. The largest absolute Gasteiger partial charge is 0.573 e. The number of carbonyl (C=O) groups is 2. The zero-order valence-corrected chi connectivity index (χ0v) is 18.5. The molecule has 34 heavy (non-hydrogen) atoms. The summed E-state index contributed by atoms with van der Waals surface area (Å²) in [7, 11) is 3.67. The minimum absolute atomic E-state index is 0.153. The molecular weight excluding hydrogens is 453 g/mol. The second-order valence-electron chi connectivity index (χ2n) is 7.09. The number of alkyl halides is 3. The first-order valence-electron chi connectivity index (χ1n) is 9.82. The van der Waals surface area contributed by atoms with Crippen LogP contribution < -0.4 is 15.0 Å². The molecule has 0 fully saturated rings. The average Bonchev–Trinajstić information content (AvgIpc) is 2.81. The van der Waals surface area contributed by atoms with E-state index in [9.17, 15) is 23.1 Å². The number of aliphatic hydroxyl groups excluding tert-OH is 1. The number of aromatic nitrogens is 2. The number of nitrogens with one attached hydrogen (secondary N) is 1. The monoisotopic (exact) mass is 476 g/mol. The Hall–Kier alpha value is -3.99. The molecule has 0 atom stereocenters. The highest BCUT2D eigenvalue weighted by Gasteiger charge is 2.31. The standard InChI is InChI=1S/C22H21F3N4O3.CH2O/c1-29(2)20-16(13-30)12-26-19(28-20)11-14-3-7-17(8-4-14)27-21(31)15-5-9-18(10-6-15)32-22(23,24)25;1-2/h3-10,12,30H,11,13H2,1-2H3,(H,27,31);1H2. The molecule has 0 spiro atoms. The van der Waals surface area contributed by atoms with Crippen molar-refractivity contribution in [3.05, 3.63) is 77.2 Å². The Labute approximate surface area is 194 Å². The summed E-state index contributed by atoms with van der Waals surface area (Å²) < 4.78 is 40.5. The van der Waals surface area contributed by atoms with Gasteiger partial charge in [-0.1, -0.05) is 12.1 Å². The average molecular weight is 476 g/mol. The van der Waals surface area contributed by atoms with Gasteiger partial charge in [0, 0.05) is 43.5 Å². The van der Waals surface area contributed by atoms with Crippen LogP contribution in [0.4, 0.5) is 24.7 Å². The fraction of sp³-hybridized carbons (Fsp3) is 0.217. The molecule has 0 aliphatic heterocycles. The third-order valence-corrected chi connectivity index (χ3v) is 4.41. The molecule has 2 N–H and O–H groups in total. The molecule has 1 amide bonds. The van der Waals surface area contributed by atoms with Crippen LogP contribution in [0.5, 0.6) is 5.75 Å². The summed E-state index contributed by atoms with van der Waals surface area (Å²) in [5, 5.41) is 12.1. The third kappa shape index (κ3) is 7.55. The number of aliphatic hydroxyl groups is 1. The van der Waals surface area contributed by atoms with E-state index in [2.05, 4.69) is 20.0 Å². The molecule has 0 aliphatic carbocycles. The number of rotatable bonds is 7. The van der Waals surface area contributed by atoms with Crippen LogP contribution in [0.15, 0.2) is 54.7 Å². The van der Waals surface area contributed by atoms with Crippen molar-refractivity contribution < 1.29 is 32.6 Å². The summed E-state index contributed by atoms with van der Waals surface area (Å²) in [6.07, 6.45) is -2.73. The van der Waals surface area contributed by atoms with Gasteiger partial charge in [0.15, 0.2) is 0 Å². The molecule has 0 radical (unpaired) electrons. The smallest absolute Gasteiger partial charge is 0.406 e. The van der Waals surface area contributed by atoms with E-state index in [1.54, 1.807) is 23.2 Å². The summed E-state index contributed by atoms with van der Waals surface area (Å²) in [4.78, 5) is 30.9. The van der Waals surface area contributed by atoms with Gasteiger partial charge in [0.2, 0.25) is 0 Å². The SMILES string of the molecule is C=O.CN(C)c1nc(Cc2ccc(NC(=O)c3ccc(OC(F)(F)F)cc3)cc2)ncc1CO. The van der Waals surface area contributed by atoms with Crippen molar-refractivity contribution >= 4 is 24.2 Å². The van der Waals surface area contributed by atoms with Crippen molar-refractivity contribution in [1.82, 2.24) is 9.97 Å².